The first-order valence-corrected chi connectivity index (χ1v) is 7.70. The van der Waals surface area contributed by atoms with Gasteiger partial charge in [0.2, 0.25) is 0 Å². The van der Waals surface area contributed by atoms with E-state index in [0.717, 1.165) is 32.5 Å². The van der Waals surface area contributed by atoms with Gasteiger partial charge in [-0.3, -0.25) is 4.98 Å². The fourth-order valence-corrected chi connectivity index (χ4v) is 2.39. The molecule has 3 nitrogen and oxygen atoms in total. The van der Waals surface area contributed by atoms with Crippen LogP contribution in [0, 0.1) is 0 Å². The van der Waals surface area contributed by atoms with Gasteiger partial charge in [0.25, 0.3) is 0 Å². The van der Waals surface area contributed by atoms with Crippen molar-refractivity contribution in [2.45, 2.75) is 26.3 Å². The second-order valence-electron chi connectivity index (χ2n) is 5.34. The van der Waals surface area contributed by atoms with Crippen molar-refractivity contribution in [3.8, 4) is 0 Å². The van der Waals surface area contributed by atoms with Gasteiger partial charge in [0, 0.05) is 43.8 Å². The van der Waals surface area contributed by atoms with E-state index in [1.165, 1.54) is 16.8 Å². The minimum atomic E-state index is 0.882. The zero-order valence-corrected chi connectivity index (χ0v) is 13.0. The molecule has 0 saturated carbocycles. The lowest BCUT2D eigenvalue weighted by atomic mass is 10.1. The average Bonchev–Trinajstić information content (AvgIpc) is 2.54. The Morgan fingerprint density at radius 1 is 1.14 bits per heavy atom. The lowest BCUT2D eigenvalue weighted by Crippen LogP contribution is -2.23. The molecular weight excluding hydrogens is 258 g/mol. The second-order valence-corrected chi connectivity index (χ2v) is 5.34. The molecule has 0 aliphatic carbocycles. The van der Waals surface area contributed by atoms with Crippen molar-refractivity contribution in [2.24, 2.45) is 0 Å². The molecule has 1 heterocycles. The van der Waals surface area contributed by atoms with Gasteiger partial charge in [-0.15, -0.1) is 0 Å². The summed E-state index contributed by atoms with van der Waals surface area (Å²) in [7, 11) is 2.15. The number of benzene rings is 1. The van der Waals surface area contributed by atoms with Crippen molar-refractivity contribution in [1.29, 1.82) is 0 Å². The number of hydrogen-bond donors (Lipinski definition) is 1. The average molecular weight is 283 g/mol. The Hall–Kier alpha value is -1.87. The van der Waals surface area contributed by atoms with Gasteiger partial charge >= 0.3 is 0 Å². The zero-order valence-electron chi connectivity index (χ0n) is 13.0. The third-order valence-corrected chi connectivity index (χ3v) is 3.61. The molecule has 1 aromatic carbocycles. The molecule has 0 aliphatic heterocycles. The predicted molar refractivity (Wildman–Crippen MR) is 89.7 cm³/mol. The fraction of sp³-hybridized carbons (Fsp3) is 0.389. The molecule has 0 radical (unpaired) electrons. The van der Waals surface area contributed by atoms with Crippen LogP contribution in [0.15, 0.2) is 48.8 Å². The highest BCUT2D eigenvalue weighted by atomic mass is 15.1. The zero-order chi connectivity index (χ0) is 14.9. The highest BCUT2D eigenvalue weighted by Crippen LogP contribution is 2.18. The largest absolute Gasteiger partial charge is 0.374 e. The molecule has 0 bridgehead atoms. The Bertz CT molecular complexity index is 525. The summed E-state index contributed by atoms with van der Waals surface area (Å²) in [6, 6.07) is 12.7. The Morgan fingerprint density at radius 2 is 1.95 bits per heavy atom. The fourth-order valence-electron chi connectivity index (χ4n) is 2.39. The van der Waals surface area contributed by atoms with Crippen molar-refractivity contribution in [2.75, 3.05) is 25.0 Å². The molecule has 3 heteroatoms. The summed E-state index contributed by atoms with van der Waals surface area (Å²) in [5.74, 6) is 0. The molecular formula is C18H25N3. The van der Waals surface area contributed by atoms with Crippen molar-refractivity contribution < 1.29 is 0 Å². The van der Waals surface area contributed by atoms with Gasteiger partial charge < -0.3 is 10.2 Å². The number of anilines is 1. The van der Waals surface area contributed by atoms with E-state index in [-0.39, 0.29) is 0 Å². The first-order chi connectivity index (χ1) is 10.3. The summed E-state index contributed by atoms with van der Waals surface area (Å²) in [6.45, 7) is 5.12. The molecule has 0 atom stereocenters. The molecule has 0 aliphatic rings. The van der Waals surface area contributed by atoms with Gasteiger partial charge in [0.15, 0.2) is 0 Å². The lowest BCUT2D eigenvalue weighted by molar-refractivity contribution is 0.672. The topological polar surface area (TPSA) is 28.2 Å². The molecule has 0 spiro atoms. The van der Waals surface area contributed by atoms with Crippen molar-refractivity contribution >= 4 is 5.69 Å². The minimum Gasteiger partial charge on any atom is -0.374 e. The molecule has 21 heavy (non-hydrogen) atoms. The number of aromatic nitrogens is 1. The van der Waals surface area contributed by atoms with E-state index >= 15 is 0 Å². The predicted octanol–water partition coefficient (Wildman–Crippen LogP) is 3.26. The standard InChI is InChI=1S/C18H25N3/c1-3-11-19-14-17-15-20-12-9-18(17)21(2)13-10-16-7-5-4-6-8-16/h4-9,12,15,19H,3,10-11,13-14H2,1-2H3. The number of nitrogens with zero attached hydrogens (tertiary/aromatic N) is 2. The summed E-state index contributed by atoms with van der Waals surface area (Å²) in [5, 5.41) is 3.45. The summed E-state index contributed by atoms with van der Waals surface area (Å²) in [5.41, 5.74) is 3.91. The van der Waals surface area contributed by atoms with Gasteiger partial charge in [-0.05, 0) is 31.0 Å². The summed E-state index contributed by atoms with van der Waals surface area (Å²) in [4.78, 5) is 6.58. The highest BCUT2D eigenvalue weighted by Gasteiger charge is 2.07. The molecule has 2 rings (SSSR count). The van der Waals surface area contributed by atoms with E-state index in [0.29, 0.717) is 0 Å². The summed E-state index contributed by atoms with van der Waals surface area (Å²) < 4.78 is 0. The number of rotatable bonds is 8. The third-order valence-electron chi connectivity index (χ3n) is 3.61. The molecule has 112 valence electrons. The lowest BCUT2D eigenvalue weighted by Gasteiger charge is -2.22. The normalized spacial score (nSPS) is 10.6. The van der Waals surface area contributed by atoms with Crippen molar-refractivity contribution in [1.82, 2.24) is 10.3 Å². The van der Waals surface area contributed by atoms with Gasteiger partial charge in [-0.2, -0.15) is 0 Å². The quantitative estimate of drug-likeness (QED) is 0.754. The van der Waals surface area contributed by atoms with E-state index in [4.69, 9.17) is 0 Å². The minimum absolute atomic E-state index is 0.882. The Balaban J connectivity index is 1.96. The van der Waals surface area contributed by atoms with E-state index in [9.17, 15) is 0 Å². The van der Waals surface area contributed by atoms with E-state index in [1.54, 1.807) is 0 Å². The third kappa shape index (κ3) is 4.87. The van der Waals surface area contributed by atoms with Crippen molar-refractivity contribution in [3.63, 3.8) is 0 Å². The Morgan fingerprint density at radius 3 is 2.71 bits per heavy atom. The van der Waals surface area contributed by atoms with Gasteiger partial charge in [0.05, 0.1) is 0 Å². The van der Waals surface area contributed by atoms with Crippen LogP contribution in [-0.2, 0) is 13.0 Å². The number of likely N-dealkylation sites (N-methyl/N-ethyl adjacent to an activating group) is 1. The number of nitrogens with one attached hydrogen (secondary N) is 1. The molecule has 2 aromatic rings. The van der Waals surface area contributed by atoms with Crippen molar-refractivity contribution in [3.05, 3.63) is 59.9 Å². The van der Waals surface area contributed by atoms with Crippen LogP contribution in [0.1, 0.15) is 24.5 Å². The maximum atomic E-state index is 4.26. The first kappa shape index (κ1) is 15.5. The van der Waals surface area contributed by atoms with E-state index in [2.05, 4.69) is 65.6 Å². The molecule has 0 saturated heterocycles. The van der Waals surface area contributed by atoms with E-state index in [1.807, 2.05) is 12.4 Å². The monoisotopic (exact) mass is 283 g/mol. The molecule has 1 aromatic heterocycles. The van der Waals surface area contributed by atoms with Gasteiger partial charge in [-0.25, -0.2) is 0 Å². The Kier molecular flexibility index (Phi) is 6.22. The second kappa shape index (κ2) is 8.42. The highest BCUT2D eigenvalue weighted by molar-refractivity contribution is 5.51. The van der Waals surface area contributed by atoms with Crippen LogP contribution in [0.2, 0.25) is 0 Å². The summed E-state index contributed by atoms with van der Waals surface area (Å²) >= 11 is 0. The molecule has 1 N–H and O–H groups in total. The maximum Gasteiger partial charge on any atom is 0.0440 e. The van der Waals surface area contributed by atoms with Crippen LogP contribution >= 0.6 is 0 Å². The molecule has 0 unspecified atom stereocenters. The van der Waals surface area contributed by atoms with Crippen LogP contribution in [-0.4, -0.2) is 25.1 Å². The molecule has 0 amide bonds. The SMILES string of the molecule is CCCNCc1cnccc1N(C)CCc1ccccc1. The van der Waals surface area contributed by atoms with Crippen LogP contribution < -0.4 is 10.2 Å². The van der Waals surface area contributed by atoms with Crippen LogP contribution in [0.3, 0.4) is 0 Å². The smallest absolute Gasteiger partial charge is 0.0440 e. The van der Waals surface area contributed by atoms with E-state index < -0.39 is 0 Å². The number of pyridine rings is 1. The summed E-state index contributed by atoms with van der Waals surface area (Å²) in [6.07, 6.45) is 6.05. The maximum absolute atomic E-state index is 4.26. The first-order valence-electron chi connectivity index (χ1n) is 7.70. The van der Waals surface area contributed by atoms with Crippen LogP contribution in [0.4, 0.5) is 5.69 Å². The van der Waals surface area contributed by atoms with Gasteiger partial charge in [-0.1, -0.05) is 37.3 Å². The van der Waals surface area contributed by atoms with Gasteiger partial charge in [0.1, 0.15) is 0 Å². The molecule has 0 fully saturated rings. The number of hydrogen-bond acceptors (Lipinski definition) is 3. The van der Waals surface area contributed by atoms with Crippen LogP contribution in [0.5, 0.6) is 0 Å². The Labute approximate surface area is 128 Å². The van der Waals surface area contributed by atoms with Crippen LogP contribution in [0.25, 0.3) is 0 Å².